The summed E-state index contributed by atoms with van der Waals surface area (Å²) in [5.41, 5.74) is 12.4. The van der Waals surface area contributed by atoms with Crippen molar-refractivity contribution in [2.75, 3.05) is 0 Å². The average molecular weight is 273 g/mol. The fourth-order valence-electron chi connectivity index (χ4n) is 3.90. The minimum Gasteiger partial charge on any atom is -0.325 e. The van der Waals surface area contributed by atoms with Gasteiger partial charge in [0, 0.05) is 5.54 Å². The molecule has 0 bridgehead atoms. The SMILES string of the molecule is Cc1cc(C)c(CC2(N)CCC(C(C)C)CC2)c(C)c1. The lowest BCUT2D eigenvalue weighted by Gasteiger charge is -2.39. The second-order valence-corrected chi connectivity index (χ2v) is 7.50. The molecule has 0 aliphatic heterocycles. The first-order chi connectivity index (χ1) is 9.31. The van der Waals surface area contributed by atoms with Gasteiger partial charge < -0.3 is 5.73 Å². The molecule has 0 spiro atoms. The van der Waals surface area contributed by atoms with E-state index in [9.17, 15) is 0 Å². The van der Waals surface area contributed by atoms with Crippen LogP contribution >= 0.6 is 0 Å². The zero-order chi connectivity index (χ0) is 14.9. The third-order valence-electron chi connectivity index (χ3n) is 5.34. The molecule has 20 heavy (non-hydrogen) atoms. The van der Waals surface area contributed by atoms with E-state index < -0.39 is 0 Å². The Bertz CT molecular complexity index is 442. The molecule has 2 rings (SSSR count). The number of aryl methyl sites for hydroxylation is 3. The molecule has 1 saturated carbocycles. The van der Waals surface area contributed by atoms with Crippen molar-refractivity contribution >= 4 is 0 Å². The van der Waals surface area contributed by atoms with Crippen molar-refractivity contribution in [2.24, 2.45) is 17.6 Å². The van der Waals surface area contributed by atoms with Gasteiger partial charge in [0.25, 0.3) is 0 Å². The van der Waals surface area contributed by atoms with Gasteiger partial charge in [-0.2, -0.15) is 0 Å². The van der Waals surface area contributed by atoms with Gasteiger partial charge in [0.1, 0.15) is 0 Å². The molecule has 0 heterocycles. The van der Waals surface area contributed by atoms with E-state index in [0.717, 1.165) is 18.3 Å². The Kier molecular flexibility index (Phi) is 4.59. The van der Waals surface area contributed by atoms with Crippen LogP contribution in [0.25, 0.3) is 0 Å². The molecule has 1 aromatic carbocycles. The van der Waals surface area contributed by atoms with Gasteiger partial charge >= 0.3 is 0 Å². The maximum atomic E-state index is 6.73. The molecular weight excluding hydrogens is 242 g/mol. The first kappa shape index (κ1) is 15.6. The zero-order valence-corrected chi connectivity index (χ0v) is 13.9. The van der Waals surface area contributed by atoms with Crippen LogP contribution in [0.5, 0.6) is 0 Å². The molecule has 0 amide bonds. The normalized spacial score (nSPS) is 27.1. The molecule has 1 aromatic rings. The van der Waals surface area contributed by atoms with Gasteiger partial charge in [0.2, 0.25) is 0 Å². The Balaban J connectivity index is 2.11. The van der Waals surface area contributed by atoms with E-state index in [2.05, 4.69) is 46.8 Å². The van der Waals surface area contributed by atoms with Crippen LogP contribution < -0.4 is 5.73 Å². The van der Waals surface area contributed by atoms with E-state index in [1.165, 1.54) is 47.9 Å². The molecule has 1 aliphatic carbocycles. The van der Waals surface area contributed by atoms with Crippen LogP contribution in [-0.2, 0) is 6.42 Å². The summed E-state index contributed by atoms with van der Waals surface area (Å²) in [7, 11) is 0. The summed E-state index contributed by atoms with van der Waals surface area (Å²) < 4.78 is 0. The number of benzene rings is 1. The lowest BCUT2D eigenvalue weighted by molar-refractivity contribution is 0.194. The molecular formula is C19H31N. The Hall–Kier alpha value is -0.820. The van der Waals surface area contributed by atoms with Crippen LogP contribution in [0.2, 0.25) is 0 Å². The lowest BCUT2D eigenvalue weighted by atomic mass is 9.70. The van der Waals surface area contributed by atoms with Gasteiger partial charge in [-0.1, -0.05) is 31.5 Å². The number of hydrogen-bond acceptors (Lipinski definition) is 1. The molecule has 1 nitrogen and oxygen atoms in total. The van der Waals surface area contributed by atoms with E-state index in [1.54, 1.807) is 0 Å². The van der Waals surface area contributed by atoms with Gasteiger partial charge in [0.15, 0.2) is 0 Å². The van der Waals surface area contributed by atoms with Gasteiger partial charge in [0.05, 0.1) is 0 Å². The van der Waals surface area contributed by atoms with Crippen LogP contribution in [0, 0.1) is 32.6 Å². The summed E-state index contributed by atoms with van der Waals surface area (Å²) in [4.78, 5) is 0. The molecule has 1 fully saturated rings. The molecule has 0 radical (unpaired) electrons. The summed E-state index contributed by atoms with van der Waals surface area (Å²) in [6, 6.07) is 4.59. The molecule has 1 aliphatic rings. The number of hydrogen-bond donors (Lipinski definition) is 1. The van der Waals surface area contributed by atoms with E-state index in [0.29, 0.717) is 0 Å². The minimum absolute atomic E-state index is 0.0240. The fourth-order valence-corrected chi connectivity index (χ4v) is 3.90. The molecule has 0 saturated heterocycles. The third kappa shape index (κ3) is 3.44. The molecule has 2 N–H and O–H groups in total. The number of nitrogens with two attached hydrogens (primary N) is 1. The van der Waals surface area contributed by atoms with Crippen LogP contribution in [0.15, 0.2) is 12.1 Å². The van der Waals surface area contributed by atoms with Gasteiger partial charge in [-0.25, -0.2) is 0 Å². The molecule has 1 heteroatoms. The molecule has 0 aromatic heterocycles. The van der Waals surface area contributed by atoms with Crippen molar-refractivity contribution in [1.29, 1.82) is 0 Å². The largest absolute Gasteiger partial charge is 0.325 e. The van der Waals surface area contributed by atoms with Crippen LogP contribution in [0.4, 0.5) is 0 Å². The van der Waals surface area contributed by atoms with E-state index in [-0.39, 0.29) is 5.54 Å². The zero-order valence-electron chi connectivity index (χ0n) is 13.9. The summed E-state index contributed by atoms with van der Waals surface area (Å²) in [5, 5.41) is 0. The van der Waals surface area contributed by atoms with E-state index >= 15 is 0 Å². The Morgan fingerprint density at radius 1 is 1.10 bits per heavy atom. The smallest absolute Gasteiger partial charge is 0.0195 e. The molecule has 0 atom stereocenters. The first-order valence-electron chi connectivity index (χ1n) is 8.16. The van der Waals surface area contributed by atoms with Crippen molar-refractivity contribution in [3.63, 3.8) is 0 Å². The maximum Gasteiger partial charge on any atom is 0.0195 e. The van der Waals surface area contributed by atoms with Crippen LogP contribution in [-0.4, -0.2) is 5.54 Å². The summed E-state index contributed by atoms with van der Waals surface area (Å²) in [6.07, 6.45) is 6.03. The second-order valence-electron chi connectivity index (χ2n) is 7.50. The summed E-state index contributed by atoms with van der Waals surface area (Å²) in [5.74, 6) is 1.69. The van der Waals surface area contributed by atoms with E-state index in [1.807, 2.05) is 0 Å². The fraction of sp³-hybridized carbons (Fsp3) is 0.684. The predicted octanol–water partition coefficient (Wildman–Crippen LogP) is 4.70. The summed E-state index contributed by atoms with van der Waals surface area (Å²) in [6.45, 7) is 11.3. The maximum absolute atomic E-state index is 6.73. The van der Waals surface area contributed by atoms with Crippen molar-refractivity contribution in [1.82, 2.24) is 0 Å². The first-order valence-corrected chi connectivity index (χ1v) is 8.16. The van der Waals surface area contributed by atoms with Crippen molar-refractivity contribution in [3.8, 4) is 0 Å². The van der Waals surface area contributed by atoms with Crippen LogP contribution in [0.1, 0.15) is 61.8 Å². The van der Waals surface area contributed by atoms with E-state index in [4.69, 9.17) is 5.73 Å². The van der Waals surface area contributed by atoms with Crippen molar-refractivity contribution < 1.29 is 0 Å². The quantitative estimate of drug-likeness (QED) is 0.849. The monoisotopic (exact) mass is 273 g/mol. The van der Waals surface area contributed by atoms with Gasteiger partial charge in [-0.05, 0) is 81.4 Å². The lowest BCUT2D eigenvalue weighted by Crippen LogP contribution is -2.46. The highest BCUT2D eigenvalue weighted by atomic mass is 14.7. The second kappa shape index (κ2) is 5.89. The van der Waals surface area contributed by atoms with Crippen molar-refractivity contribution in [2.45, 2.75) is 72.3 Å². The topological polar surface area (TPSA) is 26.0 Å². The third-order valence-corrected chi connectivity index (χ3v) is 5.34. The Morgan fingerprint density at radius 3 is 2.05 bits per heavy atom. The van der Waals surface area contributed by atoms with Gasteiger partial charge in [-0.15, -0.1) is 0 Å². The van der Waals surface area contributed by atoms with Crippen molar-refractivity contribution in [3.05, 3.63) is 34.4 Å². The predicted molar refractivity (Wildman–Crippen MR) is 88.1 cm³/mol. The average Bonchev–Trinajstić information content (AvgIpc) is 2.34. The Labute approximate surface area is 125 Å². The molecule has 112 valence electrons. The van der Waals surface area contributed by atoms with Crippen LogP contribution in [0.3, 0.4) is 0 Å². The standard InChI is InChI=1S/C19H31N/c1-13(2)17-6-8-19(20,9-7-17)12-18-15(4)10-14(3)11-16(18)5/h10-11,13,17H,6-9,12,20H2,1-5H3. The highest BCUT2D eigenvalue weighted by Gasteiger charge is 2.33. The number of rotatable bonds is 3. The molecule has 0 unspecified atom stereocenters. The Morgan fingerprint density at radius 2 is 1.60 bits per heavy atom. The van der Waals surface area contributed by atoms with Gasteiger partial charge in [-0.3, -0.25) is 0 Å². The summed E-state index contributed by atoms with van der Waals surface area (Å²) >= 11 is 0. The minimum atomic E-state index is 0.0240. The highest BCUT2D eigenvalue weighted by molar-refractivity contribution is 5.38. The highest BCUT2D eigenvalue weighted by Crippen LogP contribution is 2.37.